The van der Waals surface area contributed by atoms with Gasteiger partial charge in [0.1, 0.15) is 12.3 Å². The standard InChI is InChI=1S/C18H17F2N3O3/c1-26-14-5-3-13(4-6-14)23-9-8-22(18(23)25)11-17(24)21-12-2-7-15(19)16(20)10-12/h2-7,10H,8-9,11H2,1H3,(H,21,24). The third-order valence-electron chi connectivity index (χ3n) is 4.02. The topological polar surface area (TPSA) is 61.9 Å². The number of hydrogen-bond acceptors (Lipinski definition) is 3. The number of anilines is 2. The Kier molecular flexibility index (Phi) is 5.01. The maximum absolute atomic E-state index is 13.2. The van der Waals surface area contributed by atoms with E-state index in [9.17, 15) is 18.4 Å². The zero-order valence-corrected chi connectivity index (χ0v) is 14.0. The summed E-state index contributed by atoms with van der Waals surface area (Å²) in [6.07, 6.45) is 0. The number of nitrogens with zero attached hydrogens (tertiary/aromatic N) is 2. The van der Waals surface area contributed by atoms with Gasteiger partial charge in [-0.1, -0.05) is 0 Å². The van der Waals surface area contributed by atoms with E-state index >= 15 is 0 Å². The summed E-state index contributed by atoms with van der Waals surface area (Å²) in [6.45, 7) is 0.657. The van der Waals surface area contributed by atoms with Gasteiger partial charge in [0.2, 0.25) is 5.91 Å². The van der Waals surface area contributed by atoms with E-state index in [2.05, 4.69) is 5.32 Å². The number of methoxy groups -OCH3 is 1. The van der Waals surface area contributed by atoms with Gasteiger partial charge in [-0.3, -0.25) is 9.69 Å². The number of urea groups is 1. The molecule has 0 radical (unpaired) electrons. The molecule has 2 aromatic carbocycles. The number of carbonyl (C=O) groups excluding carboxylic acids is 2. The first-order valence-electron chi connectivity index (χ1n) is 7.93. The molecule has 0 unspecified atom stereocenters. The highest BCUT2D eigenvalue weighted by Gasteiger charge is 2.30. The zero-order chi connectivity index (χ0) is 18.7. The quantitative estimate of drug-likeness (QED) is 0.891. The minimum absolute atomic E-state index is 0.132. The van der Waals surface area contributed by atoms with Crippen LogP contribution in [0.2, 0.25) is 0 Å². The Bertz CT molecular complexity index is 827. The second-order valence-electron chi connectivity index (χ2n) is 5.73. The summed E-state index contributed by atoms with van der Waals surface area (Å²) < 4.78 is 31.2. The number of carbonyl (C=O) groups is 2. The van der Waals surface area contributed by atoms with Crippen LogP contribution in [0.25, 0.3) is 0 Å². The molecule has 1 aliphatic heterocycles. The molecule has 0 aromatic heterocycles. The zero-order valence-electron chi connectivity index (χ0n) is 14.0. The summed E-state index contributed by atoms with van der Waals surface area (Å²) in [6, 6.07) is 9.81. The van der Waals surface area contributed by atoms with Crippen molar-refractivity contribution in [3.8, 4) is 5.75 Å². The van der Waals surface area contributed by atoms with Crippen LogP contribution in [0.3, 0.4) is 0 Å². The molecule has 1 N–H and O–H groups in total. The molecule has 6 nitrogen and oxygen atoms in total. The molecule has 3 amide bonds. The molecule has 26 heavy (non-hydrogen) atoms. The van der Waals surface area contributed by atoms with Crippen molar-refractivity contribution in [2.45, 2.75) is 0 Å². The molecule has 1 heterocycles. The van der Waals surface area contributed by atoms with Gasteiger partial charge < -0.3 is 15.0 Å². The van der Waals surface area contributed by atoms with Crippen LogP contribution in [0, 0.1) is 11.6 Å². The Morgan fingerprint density at radius 2 is 1.85 bits per heavy atom. The van der Waals surface area contributed by atoms with E-state index in [1.807, 2.05) is 0 Å². The van der Waals surface area contributed by atoms with E-state index in [0.29, 0.717) is 24.5 Å². The first-order chi connectivity index (χ1) is 12.5. The lowest BCUT2D eigenvalue weighted by molar-refractivity contribution is -0.116. The molecule has 0 spiro atoms. The van der Waals surface area contributed by atoms with Crippen LogP contribution in [0.5, 0.6) is 5.75 Å². The number of benzene rings is 2. The maximum atomic E-state index is 13.2. The van der Waals surface area contributed by atoms with E-state index < -0.39 is 17.5 Å². The molecule has 0 aliphatic carbocycles. The number of halogens is 2. The van der Waals surface area contributed by atoms with Gasteiger partial charge in [-0.15, -0.1) is 0 Å². The van der Waals surface area contributed by atoms with Crippen molar-refractivity contribution >= 4 is 23.3 Å². The lowest BCUT2D eigenvalue weighted by atomic mass is 10.3. The van der Waals surface area contributed by atoms with Gasteiger partial charge in [0.15, 0.2) is 11.6 Å². The van der Waals surface area contributed by atoms with E-state index in [1.165, 1.54) is 11.0 Å². The summed E-state index contributed by atoms with van der Waals surface area (Å²) in [5.41, 5.74) is 0.840. The average Bonchev–Trinajstić information content (AvgIpc) is 2.99. The summed E-state index contributed by atoms with van der Waals surface area (Å²) in [4.78, 5) is 27.5. The average molecular weight is 361 g/mol. The SMILES string of the molecule is COc1ccc(N2CCN(CC(=O)Nc3ccc(F)c(F)c3)C2=O)cc1. The predicted octanol–water partition coefficient (Wildman–Crippen LogP) is 2.85. The predicted molar refractivity (Wildman–Crippen MR) is 92.3 cm³/mol. The number of nitrogens with one attached hydrogen (secondary N) is 1. The molecule has 8 heteroatoms. The van der Waals surface area contributed by atoms with Crippen molar-refractivity contribution in [3.63, 3.8) is 0 Å². The van der Waals surface area contributed by atoms with Crippen molar-refractivity contribution in [2.24, 2.45) is 0 Å². The number of amides is 3. The van der Waals surface area contributed by atoms with Gasteiger partial charge in [0, 0.05) is 30.5 Å². The van der Waals surface area contributed by atoms with Crippen molar-refractivity contribution < 1.29 is 23.1 Å². The monoisotopic (exact) mass is 361 g/mol. The van der Waals surface area contributed by atoms with Gasteiger partial charge in [-0.2, -0.15) is 0 Å². The highest BCUT2D eigenvalue weighted by molar-refractivity contribution is 5.99. The van der Waals surface area contributed by atoms with Gasteiger partial charge in [0.25, 0.3) is 0 Å². The molecule has 0 atom stereocenters. The second kappa shape index (κ2) is 7.38. The molecule has 136 valence electrons. The molecule has 1 fully saturated rings. The molecule has 0 saturated carbocycles. The van der Waals surface area contributed by atoms with Crippen LogP contribution in [0.1, 0.15) is 0 Å². The molecular formula is C18H17F2N3O3. The van der Waals surface area contributed by atoms with Crippen LogP contribution in [0.15, 0.2) is 42.5 Å². The van der Waals surface area contributed by atoms with E-state index in [0.717, 1.165) is 12.1 Å². The Morgan fingerprint density at radius 1 is 1.12 bits per heavy atom. The summed E-state index contributed by atoms with van der Waals surface area (Å²) >= 11 is 0. The first-order valence-corrected chi connectivity index (χ1v) is 7.93. The Balaban J connectivity index is 1.60. The minimum atomic E-state index is -1.05. The summed E-state index contributed by atoms with van der Waals surface area (Å²) in [7, 11) is 1.56. The third kappa shape index (κ3) is 3.74. The van der Waals surface area contributed by atoms with Gasteiger partial charge in [-0.05, 0) is 36.4 Å². The van der Waals surface area contributed by atoms with Crippen molar-refractivity contribution in [2.75, 3.05) is 37.0 Å². The first kappa shape index (κ1) is 17.7. The van der Waals surface area contributed by atoms with E-state index in [-0.39, 0.29) is 18.3 Å². The smallest absolute Gasteiger partial charge is 0.325 e. The number of ether oxygens (including phenoxy) is 1. The van der Waals surface area contributed by atoms with Crippen molar-refractivity contribution in [1.29, 1.82) is 0 Å². The van der Waals surface area contributed by atoms with Crippen LogP contribution in [0.4, 0.5) is 25.0 Å². The van der Waals surface area contributed by atoms with E-state index in [4.69, 9.17) is 4.74 Å². The fraction of sp³-hybridized carbons (Fsp3) is 0.222. The number of rotatable bonds is 5. The van der Waals surface area contributed by atoms with Gasteiger partial charge in [0.05, 0.1) is 7.11 Å². The molecule has 1 saturated heterocycles. The van der Waals surface area contributed by atoms with Crippen LogP contribution in [-0.2, 0) is 4.79 Å². The fourth-order valence-electron chi connectivity index (χ4n) is 2.68. The normalized spacial score (nSPS) is 13.9. The number of hydrogen-bond donors (Lipinski definition) is 1. The Hall–Kier alpha value is -3.16. The van der Waals surface area contributed by atoms with Crippen LogP contribution < -0.4 is 15.0 Å². The third-order valence-corrected chi connectivity index (χ3v) is 4.02. The molecular weight excluding hydrogens is 344 g/mol. The largest absolute Gasteiger partial charge is 0.497 e. The van der Waals surface area contributed by atoms with Crippen LogP contribution >= 0.6 is 0 Å². The Morgan fingerprint density at radius 3 is 2.50 bits per heavy atom. The molecule has 0 bridgehead atoms. The highest BCUT2D eigenvalue weighted by Crippen LogP contribution is 2.23. The highest BCUT2D eigenvalue weighted by atomic mass is 19.2. The van der Waals surface area contributed by atoms with Crippen molar-refractivity contribution in [3.05, 3.63) is 54.1 Å². The lowest BCUT2D eigenvalue weighted by Gasteiger charge is -2.18. The molecule has 3 rings (SSSR count). The second-order valence-corrected chi connectivity index (χ2v) is 5.73. The lowest BCUT2D eigenvalue weighted by Crippen LogP contribution is -2.37. The summed E-state index contributed by atoms with van der Waals surface area (Å²) in [5.74, 6) is -1.84. The minimum Gasteiger partial charge on any atom is -0.497 e. The van der Waals surface area contributed by atoms with Gasteiger partial charge in [-0.25, -0.2) is 13.6 Å². The van der Waals surface area contributed by atoms with Crippen molar-refractivity contribution in [1.82, 2.24) is 4.90 Å². The Labute approximate surface area is 149 Å². The van der Waals surface area contributed by atoms with Gasteiger partial charge >= 0.3 is 6.03 Å². The van der Waals surface area contributed by atoms with E-state index in [1.54, 1.807) is 36.3 Å². The maximum Gasteiger partial charge on any atom is 0.325 e. The molecule has 1 aliphatic rings. The molecule has 2 aromatic rings. The summed E-state index contributed by atoms with van der Waals surface area (Å²) in [5, 5.41) is 2.45. The fourth-order valence-corrected chi connectivity index (χ4v) is 2.68. The van der Waals surface area contributed by atoms with Crippen LogP contribution in [-0.4, -0.2) is 43.6 Å².